The molecule has 1 aliphatic rings. The molecule has 0 radical (unpaired) electrons. The third-order valence-electron chi connectivity index (χ3n) is 5.01. The van der Waals surface area contributed by atoms with Gasteiger partial charge in [-0.2, -0.15) is 5.10 Å². The number of esters is 1. The van der Waals surface area contributed by atoms with Crippen molar-refractivity contribution in [1.82, 2.24) is 19.7 Å². The van der Waals surface area contributed by atoms with E-state index in [1.165, 1.54) is 7.11 Å². The van der Waals surface area contributed by atoms with Crippen molar-refractivity contribution >= 4 is 16.9 Å². The third kappa shape index (κ3) is 3.50. The quantitative estimate of drug-likeness (QED) is 0.694. The molecule has 3 aromatic rings. The fourth-order valence-corrected chi connectivity index (χ4v) is 3.58. The van der Waals surface area contributed by atoms with Crippen LogP contribution in [0.5, 0.6) is 5.75 Å². The number of aryl methyl sites for hydroxylation is 1. The average molecular weight is 382 g/mol. The molecule has 146 valence electrons. The molecule has 1 aromatic carbocycles. The zero-order chi connectivity index (χ0) is 19.7. The van der Waals surface area contributed by atoms with E-state index >= 15 is 0 Å². The van der Waals surface area contributed by atoms with Gasteiger partial charge in [0.15, 0.2) is 5.69 Å². The molecule has 8 nitrogen and oxygen atoms in total. The van der Waals surface area contributed by atoms with Crippen LogP contribution < -0.4 is 10.3 Å². The van der Waals surface area contributed by atoms with Gasteiger partial charge in [0.25, 0.3) is 5.56 Å². The second kappa shape index (κ2) is 7.47. The minimum Gasteiger partial charge on any atom is -0.497 e. The maximum absolute atomic E-state index is 12.6. The molecule has 0 saturated heterocycles. The predicted octanol–water partition coefficient (Wildman–Crippen LogP) is 1.93. The van der Waals surface area contributed by atoms with Crippen LogP contribution in [0.1, 0.15) is 28.2 Å². The number of carbonyl (C=O) groups excluding carboxylic acids is 1. The number of nitrogens with one attached hydrogen (secondary N) is 1. The highest BCUT2D eigenvalue weighted by molar-refractivity contribution is 5.87. The number of nitrogens with zero attached hydrogens (tertiary/aromatic N) is 3. The summed E-state index contributed by atoms with van der Waals surface area (Å²) < 4.78 is 11.8. The number of carbonyl (C=O) groups is 1. The number of ether oxygens (including phenoxy) is 2. The van der Waals surface area contributed by atoms with Crippen molar-refractivity contribution in [2.75, 3.05) is 20.8 Å². The Morgan fingerprint density at radius 1 is 1.21 bits per heavy atom. The highest BCUT2D eigenvalue weighted by Gasteiger charge is 2.20. The van der Waals surface area contributed by atoms with Crippen LogP contribution in [0.2, 0.25) is 0 Å². The predicted molar refractivity (Wildman–Crippen MR) is 103 cm³/mol. The first-order valence-electron chi connectivity index (χ1n) is 9.14. The van der Waals surface area contributed by atoms with Crippen LogP contribution in [0, 0.1) is 0 Å². The van der Waals surface area contributed by atoms with Crippen molar-refractivity contribution in [2.24, 2.45) is 0 Å². The molecule has 8 heteroatoms. The van der Waals surface area contributed by atoms with Gasteiger partial charge in [0.2, 0.25) is 0 Å². The molecule has 0 saturated carbocycles. The summed E-state index contributed by atoms with van der Waals surface area (Å²) in [6, 6.07) is 9.33. The summed E-state index contributed by atoms with van der Waals surface area (Å²) >= 11 is 0. The van der Waals surface area contributed by atoms with E-state index in [9.17, 15) is 9.59 Å². The van der Waals surface area contributed by atoms with Crippen LogP contribution in [0.15, 0.2) is 35.1 Å². The van der Waals surface area contributed by atoms with E-state index in [0.29, 0.717) is 30.1 Å². The van der Waals surface area contributed by atoms with Crippen LogP contribution in [-0.2, 0) is 24.4 Å². The molecule has 0 amide bonds. The monoisotopic (exact) mass is 382 g/mol. The summed E-state index contributed by atoms with van der Waals surface area (Å²) in [5.74, 6) is 0.270. The van der Waals surface area contributed by atoms with Gasteiger partial charge in [0, 0.05) is 37.8 Å². The van der Waals surface area contributed by atoms with Gasteiger partial charge >= 0.3 is 5.97 Å². The number of hydrogen-bond donors (Lipinski definition) is 1. The Hall–Kier alpha value is -3.13. The van der Waals surface area contributed by atoms with E-state index in [0.717, 1.165) is 36.1 Å². The number of hydrogen-bond acceptors (Lipinski definition) is 6. The van der Waals surface area contributed by atoms with E-state index in [2.05, 4.69) is 15.0 Å². The van der Waals surface area contributed by atoms with Crippen molar-refractivity contribution in [2.45, 2.75) is 26.1 Å². The van der Waals surface area contributed by atoms with Crippen molar-refractivity contribution in [3.05, 3.63) is 57.6 Å². The molecule has 4 rings (SSSR count). The largest absolute Gasteiger partial charge is 0.497 e. The van der Waals surface area contributed by atoms with E-state index in [1.807, 2.05) is 28.9 Å². The number of rotatable bonds is 4. The van der Waals surface area contributed by atoms with Crippen molar-refractivity contribution in [1.29, 1.82) is 0 Å². The standard InChI is InChI=1S/C20H22N4O4/c1-27-16-5-4-13-8-14(19(25)21-17(13)10-16)11-23-6-3-7-24-15(12-23)9-18(22-24)20(26)28-2/h4-5,8-10H,3,6-7,11-12H2,1-2H3,(H,21,25). The number of fused-ring (bicyclic) bond motifs is 2. The fourth-order valence-electron chi connectivity index (χ4n) is 3.58. The van der Waals surface area contributed by atoms with Gasteiger partial charge in [-0.1, -0.05) is 0 Å². The normalized spacial score (nSPS) is 14.5. The van der Waals surface area contributed by atoms with Crippen molar-refractivity contribution in [3.63, 3.8) is 0 Å². The van der Waals surface area contributed by atoms with Gasteiger partial charge < -0.3 is 14.5 Å². The molecule has 3 heterocycles. The summed E-state index contributed by atoms with van der Waals surface area (Å²) in [5, 5.41) is 5.29. The first kappa shape index (κ1) is 18.2. The molecule has 0 atom stereocenters. The first-order valence-corrected chi connectivity index (χ1v) is 9.14. The van der Waals surface area contributed by atoms with Crippen LogP contribution >= 0.6 is 0 Å². The molecule has 2 aromatic heterocycles. The maximum Gasteiger partial charge on any atom is 0.358 e. The Balaban J connectivity index is 1.58. The smallest absolute Gasteiger partial charge is 0.358 e. The molecule has 28 heavy (non-hydrogen) atoms. The number of benzene rings is 1. The Kier molecular flexibility index (Phi) is 4.87. The zero-order valence-corrected chi connectivity index (χ0v) is 15.9. The van der Waals surface area contributed by atoms with Crippen LogP contribution in [0.4, 0.5) is 0 Å². The lowest BCUT2D eigenvalue weighted by atomic mass is 10.1. The Labute approximate surface area is 161 Å². The Bertz CT molecular complexity index is 1090. The van der Waals surface area contributed by atoms with Gasteiger partial charge in [-0.3, -0.25) is 14.4 Å². The molecular formula is C20H22N4O4. The summed E-state index contributed by atoms with van der Waals surface area (Å²) in [5.41, 5.74) is 2.62. The molecular weight excluding hydrogens is 360 g/mol. The fraction of sp³-hybridized carbons (Fsp3) is 0.350. The third-order valence-corrected chi connectivity index (χ3v) is 5.01. The minimum absolute atomic E-state index is 0.103. The SMILES string of the molecule is COC(=O)c1cc2n(n1)CCCN(Cc1cc3ccc(OC)cc3[nH]c1=O)C2. The summed E-state index contributed by atoms with van der Waals surface area (Å²) in [7, 11) is 2.95. The molecule has 0 spiro atoms. The molecule has 0 bridgehead atoms. The number of methoxy groups -OCH3 is 2. The van der Waals surface area contributed by atoms with Crippen LogP contribution in [0.3, 0.4) is 0 Å². The van der Waals surface area contributed by atoms with Gasteiger partial charge in [0.1, 0.15) is 5.75 Å². The second-order valence-corrected chi connectivity index (χ2v) is 6.88. The van der Waals surface area contributed by atoms with Crippen LogP contribution in [-0.4, -0.2) is 46.4 Å². The van der Waals surface area contributed by atoms with Crippen molar-refractivity contribution < 1.29 is 14.3 Å². The highest BCUT2D eigenvalue weighted by Crippen LogP contribution is 2.20. The van der Waals surface area contributed by atoms with Gasteiger partial charge in [-0.05, 0) is 36.1 Å². The van der Waals surface area contributed by atoms with Crippen LogP contribution in [0.25, 0.3) is 10.9 Å². The van der Waals surface area contributed by atoms with Gasteiger partial charge in [0.05, 0.1) is 25.4 Å². The van der Waals surface area contributed by atoms with E-state index in [4.69, 9.17) is 9.47 Å². The molecule has 0 unspecified atom stereocenters. The number of pyridine rings is 1. The first-order chi connectivity index (χ1) is 13.6. The van der Waals surface area contributed by atoms with E-state index < -0.39 is 5.97 Å². The lowest BCUT2D eigenvalue weighted by Gasteiger charge is -2.19. The highest BCUT2D eigenvalue weighted by atomic mass is 16.5. The van der Waals surface area contributed by atoms with E-state index in [1.54, 1.807) is 13.2 Å². The lowest BCUT2D eigenvalue weighted by Crippen LogP contribution is -2.26. The Morgan fingerprint density at radius 2 is 2.07 bits per heavy atom. The molecule has 0 fully saturated rings. The minimum atomic E-state index is -0.437. The maximum atomic E-state index is 12.6. The molecule has 1 aliphatic heterocycles. The summed E-state index contributed by atoms with van der Waals surface area (Å²) in [4.78, 5) is 29.4. The average Bonchev–Trinajstić information content (AvgIpc) is 3.00. The second-order valence-electron chi connectivity index (χ2n) is 6.88. The van der Waals surface area contributed by atoms with Gasteiger partial charge in [-0.25, -0.2) is 4.79 Å². The Morgan fingerprint density at radius 3 is 2.86 bits per heavy atom. The van der Waals surface area contributed by atoms with Crippen molar-refractivity contribution in [3.8, 4) is 5.75 Å². The number of aromatic nitrogens is 3. The number of aromatic amines is 1. The lowest BCUT2D eigenvalue weighted by molar-refractivity contribution is 0.0593. The summed E-state index contributed by atoms with van der Waals surface area (Å²) in [6.45, 7) is 2.72. The molecule has 1 N–H and O–H groups in total. The zero-order valence-electron chi connectivity index (χ0n) is 15.9. The summed E-state index contributed by atoms with van der Waals surface area (Å²) in [6.07, 6.45) is 0.887. The topological polar surface area (TPSA) is 89.4 Å². The number of H-pyrrole nitrogens is 1. The van der Waals surface area contributed by atoms with E-state index in [-0.39, 0.29) is 5.56 Å². The molecule has 0 aliphatic carbocycles. The van der Waals surface area contributed by atoms with Gasteiger partial charge in [-0.15, -0.1) is 0 Å².